The summed E-state index contributed by atoms with van der Waals surface area (Å²) in [4.78, 5) is 40.6. The van der Waals surface area contributed by atoms with Crippen molar-refractivity contribution in [2.24, 2.45) is 0 Å². The molecule has 1 saturated heterocycles. The zero-order valence-electron chi connectivity index (χ0n) is 21.9. The van der Waals surface area contributed by atoms with Gasteiger partial charge in [0.25, 0.3) is 0 Å². The van der Waals surface area contributed by atoms with Gasteiger partial charge in [-0.25, -0.2) is 18.0 Å². The van der Waals surface area contributed by atoms with E-state index in [4.69, 9.17) is 10.5 Å². The zero-order valence-corrected chi connectivity index (χ0v) is 21.9. The topological polar surface area (TPSA) is 118 Å². The number of Topliss-reactive ketones (excluding diaryl/α,β-unsaturated/α-hetero) is 1. The van der Waals surface area contributed by atoms with Gasteiger partial charge in [0.15, 0.2) is 11.6 Å². The number of halogens is 3. The number of carboxylic acid groups (broad SMARTS) is 1. The molecule has 12 heteroatoms. The summed E-state index contributed by atoms with van der Waals surface area (Å²) in [6.45, 7) is 1.05. The van der Waals surface area contributed by atoms with Crippen LogP contribution in [0.5, 0.6) is 5.75 Å². The molecule has 0 spiro atoms. The van der Waals surface area contributed by atoms with Crippen molar-refractivity contribution in [2.75, 3.05) is 50.5 Å². The summed E-state index contributed by atoms with van der Waals surface area (Å²) in [6, 6.07) is 11.0. The fourth-order valence-electron chi connectivity index (χ4n) is 4.96. The van der Waals surface area contributed by atoms with Gasteiger partial charge in [-0.2, -0.15) is 0 Å². The number of fused-ring (bicyclic) bond motifs is 1. The number of piperazine rings is 1. The van der Waals surface area contributed by atoms with Gasteiger partial charge in [0.05, 0.1) is 30.2 Å². The Morgan fingerprint density at radius 1 is 0.976 bits per heavy atom. The number of carbonyl (C=O) groups is 2. The van der Waals surface area contributed by atoms with Crippen molar-refractivity contribution in [2.45, 2.75) is 0 Å². The van der Waals surface area contributed by atoms with Gasteiger partial charge < -0.3 is 25.0 Å². The minimum Gasteiger partial charge on any atom is -0.497 e. The van der Waals surface area contributed by atoms with E-state index in [1.165, 1.54) is 24.1 Å². The molecule has 0 atom stereocenters. The first kappa shape index (κ1) is 27.7. The van der Waals surface area contributed by atoms with Gasteiger partial charge in [-0.15, -0.1) is 0 Å². The molecular formula is C29H25F3N4O5. The molecule has 0 saturated carbocycles. The van der Waals surface area contributed by atoms with Crippen LogP contribution in [0, 0.1) is 17.5 Å². The summed E-state index contributed by atoms with van der Waals surface area (Å²) in [5.41, 5.74) is 3.13. The number of aromatic nitrogens is 1. The average Bonchev–Trinajstić information content (AvgIpc) is 2.94. The number of anilines is 2. The number of hydrogen-bond donors (Lipinski definition) is 2. The molecule has 0 aliphatic carbocycles. The van der Waals surface area contributed by atoms with E-state index in [1.54, 1.807) is 24.3 Å². The third-order valence-electron chi connectivity index (χ3n) is 7.09. The quantitative estimate of drug-likeness (QED) is 0.257. The number of carbonyl (C=O) groups excluding carboxylic acids is 1. The van der Waals surface area contributed by atoms with Crippen molar-refractivity contribution in [1.82, 2.24) is 9.47 Å². The predicted molar refractivity (Wildman–Crippen MR) is 147 cm³/mol. The molecule has 3 aromatic carbocycles. The summed E-state index contributed by atoms with van der Waals surface area (Å²) in [5, 5.41) is 8.98. The zero-order chi connectivity index (χ0) is 29.4. The standard InChI is InChI=1S/C29H25F3N4O5/c1-41-18-5-2-16(3-6-18)24(37)15-34-8-10-35(11-9-34)27-22(31)13-19-26(25(27)32)36(14-20(28(19)38)29(39)40)23-7-4-17(33)12-21(23)30/h2-7,12-14H,8-11,15,33H2,1H3,(H,39,40). The van der Waals surface area contributed by atoms with E-state index in [-0.39, 0.29) is 36.8 Å². The summed E-state index contributed by atoms with van der Waals surface area (Å²) in [6.07, 6.45) is 0.815. The lowest BCUT2D eigenvalue weighted by molar-refractivity contribution is 0.0694. The first-order valence-electron chi connectivity index (χ1n) is 12.6. The largest absolute Gasteiger partial charge is 0.497 e. The molecule has 212 valence electrons. The van der Waals surface area contributed by atoms with Gasteiger partial charge in [-0.3, -0.25) is 14.5 Å². The van der Waals surface area contributed by atoms with Crippen molar-refractivity contribution in [1.29, 1.82) is 0 Å². The maximum atomic E-state index is 16.2. The second kappa shape index (κ2) is 11.0. The Morgan fingerprint density at radius 2 is 1.66 bits per heavy atom. The first-order valence-corrected chi connectivity index (χ1v) is 12.6. The van der Waals surface area contributed by atoms with Crippen LogP contribution in [0.2, 0.25) is 0 Å². The number of hydrogen-bond acceptors (Lipinski definition) is 7. The van der Waals surface area contributed by atoms with E-state index in [0.717, 1.165) is 22.9 Å². The molecule has 9 nitrogen and oxygen atoms in total. The van der Waals surface area contributed by atoms with Crippen LogP contribution in [0.25, 0.3) is 16.6 Å². The number of ketones is 1. The summed E-state index contributed by atoms with van der Waals surface area (Å²) in [7, 11) is 1.53. The molecular weight excluding hydrogens is 541 g/mol. The molecule has 0 unspecified atom stereocenters. The Hall–Kier alpha value is -4.84. The van der Waals surface area contributed by atoms with Crippen molar-refractivity contribution < 1.29 is 32.6 Å². The Labute approximate surface area is 231 Å². The lowest BCUT2D eigenvalue weighted by atomic mass is 10.1. The van der Waals surface area contributed by atoms with E-state index >= 15 is 8.78 Å². The maximum Gasteiger partial charge on any atom is 0.341 e. The Morgan fingerprint density at radius 3 is 2.27 bits per heavy atom. The number of nitrogens with two attached hydrogens (primary N) is 1. The van der Waals surface area contributed by atoms with Crippen molar-refractivity contribution in [3.05, 3.63) is 93.5 Å². The van der Waals surface area contributed by atoms with Crippen LogP contribution in [0.3, 0.4) is 0 Å². The number of nitrogens with zero attached hydrogens (tertiary/aromatic N) is 3. The highest BCUT2D eigenvalue weighted by molar-refractivity contribution is 5.98. The van der Waals surface area contributed by atoms with E-state index < -0.39 is 51.0 Å². The monoisotopic (exact) mass is 566 g/mol. The molecule has 0 bridgehead atoms. The molecule has 41 heavy (non-hydrogen) atoms. The SMILES string of the molecule is COc1ccc(C(=O)CN2CCN(c3c(F)cc4c(=O)c(C(=O)O)cn(-c5ccc(N)cc5F)c4c3F)CC2)cc1. The molecule has 1 aliphatic heterocycles. The van der Waals surface area contributed by atoms with E-state index in [1.807, 2.05) is 4.90 Å². The highest BCUT2D eigenvalue weighted by Crippen LogP contribution is 2.33. The van der Waals surface area contributed by atoms with Gasteiger partial charge in [0.1, 0.15) is 28.6 Å². The average molecular weight is 567 g/mol. The summed E-state index contributed by atoms with van der Waals surface area (Å²) < 4.78 is 52.4. The number of aromatic carboxylic acids is 1. The molecule has 1 fully saturated rings. The third kappa shape index (κ3) is 5.21. The number of carboxylic acids is 1. The van der Waals surface area contributed by atoms with Gasteiger partial charge in [0.2, 0.25) is 5.43 Å². The number of pyridine rings is 1. The molecule has 1 aromatic heterocycles. The van der Waals surface area contributed by atoms with E-state index in [9.17, 15) is 23.9 Å². The van der Waals surface area contributed by atoms with Crippen LogP contribution >= 0.6 is 0 Å². The van der Waals surface area contributed by atoms with Crippen molar-refractivity contribution in [3.8, 4) is 11.4 Å². The van der Waals surface area contributed by atoms with Gasteiger partial charge >= 0.3 is 5.97 Å². The van der Waals surface area contributed by atoms with E-state index in [0.29, 0.717) is 24.4 Å². The van der Waals surface area contributed by atoms with Crippen LogP contribution in [-0.2, 0) is 0 Å². The third-order valence-corrected chi connectivity index (χ3v) is 7.09. The van der Waals surface area contributed by atoms with Crippen molar-refractivity contribution >= 4 is 34.0 Å². The highest BCUT2D eigenvalue weighted by atomic mass is 19.1. The van der Waals surface area contributed by atoms with Crippen LogP contribution < -0.4 is 20.8 Å². The molecule has 3 N–H and O–H groups in total. The molecule has 0 radical (unpaired) electrons. The van der Waals surface area contributed by atoms with Gasteiger partial charge in [-0.1, -0.05) is 0 Å². The minimum absolute atomic E-state index is 0.0746. The number of rotatable bonds is 7. The van der Waals surface area contributed by atoms with Crippen molar-refractivity contribution in [3.63, 3.8) is 0 Å². The Kier molecular flexibility index (Phi) is 7.41. The predicted octanol–water partition coefficient (Wildman–Crippen LogP) is 3.70. The number of nitrogen functional groups attached to an aromatic ring is 1. The molecule has 2 heterocycles. The minimum atomic E-state index is -1.63. The second-order valence-electron chi connectivity index (χ2n) is 9.59. The van der Waals surface area contributed by atoms with Crippen LogP contribution in [0.15, 0.2) is 59.5 Å². The molecule has 4 aromatic rings. The van der Waals surface area contributed by atoms with Gasteiger partial charge in [0, 0.05) is 43.6 Å². The van der Waals surface area contributed by atoms with Gasteiger partial charge in [-0.05, 0) is 48.5 Å². The second-order valence-corrected chi connectivity index (χ2v) is 9.59. The lowest BCUT2D eigenvalue weighted by Crippen LogP contribution is -2.48. The number of ether oxygens (including phenoxy) is 1. The summed E-state index contributed by atoms with van der Waals surface area (Å²) >= 11 is 0. The smallest absolute Gasteiger partial charge is 0.341 e. The Bertz CT molecular complexity index is 1730. The number of methoxy groups -OCH3 is 1. The first-order chi connectivity index (χ1) is 19.6. The molecule has 1 aliphatic rings. The highest BCUT2D eigenvalue weighted by Gasteiger charge is 2.28. The fourth-order valence-corrected chi connectivity index (χ4v) is 4.96. The van der Waals surface area contributed by atoms with E-state index in [2.05, 4.69) is 0 Å². The lowest BCUT2D eigenvalue weighted by Gasteiger charge is -2.36. The Balaban J connectivity index is 1.48. The number of benzene rings is 3. The maximum absolute atomic E-state index is 16.2. The molecule has 0 amide bonds. The van der Waals surface area contributed by atoms with Crippen LogP contribution in [0.1, 0.15) is 20.7 Å². The molecule has 5 rings (SSSR count). The summed E-state index contributed by atoms with van der Waals surface area (Å²) in [5.74, 6) is -4.24. The van der Waals surface area contributed by atoms with Crippen LogP contribution in [0.4, 0.5) is 24.5 Å². The van der Waals surface area contributed by atoms with Crippen LogP contribution in [-0.4, -0.2) is 66.2 Å². The fraction of sp³-hybridized carbons (Fsp3) is 0.207. The normalized spacial score (nSPS) is 13.9.